The lowest BCUT2D eigenvalue weighted by atomic mass is 10.0. The third kappa shape index (κ3) is 67.6. The molecule has 0 aliphatic heterocycles. The maximum absolute atomic E-state index is 9.33. The fraction of sp³-hybridized carbons (Fsp3) is 0.978. The van der Waals surface area contributed by atoms with Gasteiger partial charge >= 0.3 is 0 Å². The number of carboxylic acid groups (broad SMARTS) is 1. The molecule has 0 radical (unpaired) electrons. The molecule has 4 N–H and O–H groups in total. The molecule has 0 aliphatic carbocycles. The van der Waals surface area contributed by atoms with Crippen LogP contribution in [-0.4, -0.2) is 47.8 Å². The Kier molecular flexibility index (Phi) is 66.9. The summed E-state index contributed by atoms with van der Waals surface area (Å²) < 4.78 is 15.8. The minimum Gasteiger partial charge on any atom is -0.483 e. The zero-order chi connectivity index (χ0) is 39.4. The third-order valence-corrected chi connectivity index (χ3v) is 9.57. The number of carbonyl (C=O) groups is 1. The van der Waals surface area contributed by atoms with E-state index in [1.54, 1.807) is 0 Å². The summed E-state index contributed by atoms with van der Waals surface area (Å²) in [5, 5.41) is 15.2. The largest absolute Gasteiger partial charge is 0.483 e. The van der Waals surface area contributed by atoms with Crippen molar-refractivity contribution in [2.75, 3.05) is 26.0 Å². The van der Waals surface area contributed by atoms with E-state index < -0.39 is 11.0 Å². The zero-order valence-corrected chi connectivity index (χ0v) is 37.3. The van der Waals surface area contributed by atoms with Gasteiger partial charge in [-0.15, -0.1) is 0 Å². The number of hydrogen-bond acceptors (Lipinski definition) is 4. The van der Waals surface area contributed by atoms with Crippen LogP contribution >= 0.6 is 0 Å². The molecule has 0 fully saturated rings. The van der Waals surface area contributed by atoms with E-state index in [1.807, 2.05) is 13.8 Å². The molecule has 0 aliphatic rings. The maximum atomic E-state index is 9.33. The highest BCUT2D eigenvalue weighted by molar-refractivity contribution is 7.81. The van der Waals surface area contributed by atoms with Crippen LogP contribution in [-0.2, 0) is 20.5 Å². The van der Waals surface area contributed by atoms with Crippen LogP contribution in [0, 0.1) is 0 Å². The fourth-order valence-electron chi connectivity index (χ4n) is 6.49. The average molecular weight is 763 g/mol. The highest BCUT2D eigenvalue weighted by Gasteiger charge is 2.09. The SMILES string of the molecule is CC.CCCCCCCCCCCCCCCNCCCCCCCCCOC(CCCCCCCC)CCCCCCCC.CS(N)=O.O=CO. The Bertz CT molecular complexity index is 592. The van der Waals surface area contributed by atoms with E-state index in [9.17, 15) is 4.21 Å². The van der Waals surface area contributed by atoms with Gasteiger partial charge in [-0.25, -0.2) is 4.21 Å². The van der Waals surface area contributed by atoms with Crippen LogP contribution in [0.5, 0.6) is 0 Å². The summed E-state index contributed by atoms with van der Waals surface area (Å²) in [6.07, 6.45) is 49.7. The van der Waals surface area contributed by atoms with Crippen molar-refractivity contribution in [2.24, 2.45) is 5.14 Å². The molecule has 1 unspecified atom stereocenters. The summed E-state index contributed by atoms with van der Waals surface area (Å²) in [5.41, 5.74) is 0. The molecule has 0 aromatic carbocycles. The van der Waals surface area contributed by atoms with Crippen molar-refractivity contribution in [3.8, 4) is 0 Å². The van der Waals surface area contributed by atoms with Gasteiger partial charge in [-0.1, -0.05) is 221 Å². The van der Waals surface area contributed by atoms with Crippen LogP contribution in [0.4, 0.5) is 0 Å². The standard InChI is InChI=1S/C41H85NO.C2H6.CH5NOS.CH2O2/c1-4-7-10-13-16-17-18-19-20-21-23-28-33-38-42-39-34-29-24-22-25-30-35-40-43-41(36-31-26-14-11-8-5-2)37-32-27-15-12-9-6-3;1-2;1-4(2)3;2-1-3/h41-42H,4-40H2,1-3H3;1-2H3;2H2,1H3;1H,(H,2,3). The summed E-state index contributed by atoms with van der Waals surface area (Å²) in [6, 6.07) is 0. The summed E-state index contributed by atoms with van der Waals surface area (Å²) >= 11 is 0. The van der Waals surface area contributed by atoms with Gasteiger partial charge in [-0.05, 0) is 45.2 Å². The first-order valence-corrected chi connectivity index (χ1v) is 24.6. The van der Waals surface area contributed by atoms with Gasteiger partial charge in [0.1, 0.15) is 0 Å². The minimum absolute atomic E-state index is 0.250. The molecule has 0 heterocycles. The van der Waals surface area contributed by atoms with E-state index in [4.69, 9.17) is 14.6 Å². The van der Waals surface area contributed by atoms with E-state index in [-0.39, 0.29) is 6.47 Å². The fourth-order valence-corrected chi connectivity index (χ4v) is 6.49. The first-order chi connectivity index (χ1) is 25.5. The van der Waals surface area contributed by atoms with Crippen molar-refractivity contribution >= 4 is 17.5 Å². The summed E-state index contributed by atoms with van der Waals surface area (Å²) in [5.74, 6) is 0. The number of nitrogens with two attached hydrogens (primary N) is 1. The lowest BCUT2D eigenvalue weighted by molar-refractivity contribution is -0.122. The molecule has 0 aromatic rings. The van der Waals surface area contributed by atoms with Gasteiger partial charge in [0.05, 0.1) is 17.1 Å². The van der Waals surface area contributed by atoms with Crippen molar-refractivity contribution in [3.05, 3.63) is 0 Å². The van der Waals surface area contributed by atoms with Crippen molar-refractivity contribution < 1.29 is 18.8 Å². The predicted octanol–water partition coefficient (Wildman–Crippen LogP) is 14.2. The molecule has 1 atom stereocenters. The van der Waals surface area contributed by atoms with Gasteiger partial charge in [0.2, 0.25) is 0 Å². The topological polar surface area (TPSA) is 102 Å². The van der Waals surface area contributed by atoms with Crippen molar-refractivity contribution in [2.45, 2.75) is 259 Å². The van der Waals surface area contributed by atoms with Crippen LogP contribution in [0.15, 0.2) is 0 Å². The third-order valence-electron chi connectivity index (χ3n) is 9.57. The Labute approximate surface area is 330 Å². The molecule has 7 heteroatoms. The van der Waals surface area contributed by atoms with Crippen LogP contribution in [0.2, 0.25) is 0 Å². The van der Waals surface area contributed by atoms with Gasteiger partial charge in [-0.2, -0.15) is 0 Å². The summed E-state index contributed by atoms with van der Waals surface area (Å²) in [7, 11) is -1.11. The Morgan fingerprint density at radius 2 is 0.750 bits per heavy atom. The van der Waals surface area contributed by atoms with Gasteiger partial charge in [0.25, 0.3) is 6.47 Å². The normalized spacial score (nSPS) is 11.2. The first kappa shape index (κ1) is 58.2. The second-order valence-corrected chi connectivity index (χ2v) is 15.7. The van der Waals surface area contributed by atoms with Crippen molar-refractivity contribution in [1.29, 1.82) is 0 Å². The van der Waals surface area contributed by atoms with Crippen LogP contribution in [0.25, 0.3) is 0 Å². The van der Waals surface area contributed by atoms with Crippen molar-refractivity contribution in [3.63, 3.8) is 0 Å². The van der Waals surface area contributed by atoms with Crippen molar-refractivity contribution in [1.82, 2.24) is 5.32 Å². The predicted molar refractivity (Wildman–Crippen MR) is 235 cm³/mol. The quantitative estimate of drug-likeness (QED) is 0.0427. The Morgan fingerprint density at radius 3 is 1.04 bits per heavy atom. The summed E-state index contributed by atoms with van der Waals surface area (Å²) in [6.45, 7) is 14.1. The molecule has 6 nitrogen and oxygen atoms in total. The van der Waals surface area contributed by atoms with E-state index in [2.05, 4.69) is 31.2 Å². The molecule has 0 bridgehead atoms. The molecule has 0 saturated carbocycles. The summed E-state index contributed by atoms with van der Waals surface area (Å²) in [4.78, 5) is 8.36. The average Bonchev–Trinajstić information content (AvgIpc) is 3.13. The molecule has 0 rings (SSSR count). The molecular weight excluding hydrogens is 665 g/mol. The van der Waals surface area contributed by atoms with Gasteiger partial charge in [0.15, 0.2) is 0 Å². The second kappa shape index (κ2) is 59.8. The Balaban J connectivity index is -0.00000115. The highest BCUT2D eigenvalue weighted by Crippen LogP contribution is 2.18. The van der Waals surface area contributed by atoms with Gasteiger partial charge in [-0.3, -0.25) is 9.93 Å². The van der Waals surface area contributed by atoms with Gasteiger partial charge in [0, 0.05) is 12.9 Å². The first-order valence-electron chi connectivity index (χ1n) is 23.0. The lowest BCUT2D eigenvalue weighted by Gasteiger charge is -2.18. The number of unbranched alkanes of at least 4 members (excludes halogenated alkanes) is 28. The Morgan fingerprint density at radius 1 is 0.519 bits per heavy atom. The molecule has 0 aromatic heterocycles. The van der Waals surface area contributed by atoms with E-state index >= 15 is 0 Å². The molecule has 318 valence electrons. The molecular formula is C45H98N2O4S. The lowest BCUT2D eigenvalue weighted by Crippen LogP contribution is -2.16. The van der Waals surface area contributed by atoms with Crippen LogP contribution in [0.3, 0.4) is 0 Å². The minimum atomic E-state index is -1.11. The van der Waals surface area contributed by atoms with Crippen LogP contribution < -0.4 is 10.5 Å². The number of nitrogens with one attached hydrogen (secondary N) is 1. The van der Waals surface area contributed by atoms with E-state index in [0.29, 0.717) is 6.10 Å². The zero-order valence-electron chi connectivity index (χ0n) is 36.5. The number of rotatable bonds is 39. The van der Waals surface area contributed by atoms with E-state index in [1.165, 1.54) is 238 Å². The second-order valence-electron chi connectivity index (χ2n) is 14.7. The highest BCUT2D eigenvalue weighted by atomic mass is 32.2. The van der Waals surface area contributed by atoms with Gasteiger partial charge < -0.3 is 15.2 Å². The molecule has 0 saturated heterocycles. The molecule has 0 spiro atoms. The molecule has 52 heavy (non-hydrogen) atoms. The number of hydrogen-bond donors (Lipinski definition) is 3. The maximum Gasteiger partial charge on any atom is 0.290 e. The Hall–Kier alpha value is -0.500. The smallest absolute Gasteiger partial charge is 0.290 e. The van der Waals surface area contributed by atoms with E-state index in [0.717, 1.165) is 6.61 Å². The molecule has 0 amide bonds. The monoisotopic (exact) mass is 763 g/mol. The number of ether oxygens (including phenoxy) is 1. The van der Waals surface area contributed by atoms with Crippen LogP contribution in [0.1, 0.15) is 253 Å².